The van der Waals surface area contributed by atoms with Crippen molar-refractivity contribution in [3.05, 3.63) is 58.2 Å². The summed E-state index contributed by atoms with van der Waals surface area (Å²) in [4.78, 5) is 20.7. The third-order valence-electron chi connectivity index (χ3n) is 6.73. The van der Waals surface area contributed by atoms with E-state index >= 15 is 0 Å². The fourth-order valence-corrected chi connectivity index (χ4v) is 4.95. The zero-order valence-corrected chi connectivity index (χ0v) is 22.0. The number of aromatic nitrogens is 4. The van der Waals surface area contributed by atoms with Crippen molar-refractivity contribution in [2.75, 3.05) is 47.1 Å². The number of aryl methyl sites for hydroxylation is 1. The van der Waals surface area contributed by atoms with Gasteiger partial charge in [-0.1, -0.05) is 11.6 Å². The van der Waals surface area contributed by atoms with Crippen LogP contribution in [-0.2, 0) is 17.8 Å². The van der Waals surface area contributed by atoms with Gasteiger partial charge in [0.15, 0.2) is 0 Å². The molecule has 0 aliphatic carbocycles. The number of halogens is 1. The first kappa shape index (κ1) is 25.3. The van der Waals surface area contributed by atoms with Crippen molar-refractivity contribution in [1.29, 1.82) is 0 Å². The normalized spacial score (nSPS) is 14.3. The van der Waals surface area contributed by atoms with Gasteiger partial charge < -0.3 is 18.8 Å². The first-order valence-electron chi connectivity index (χ1n) is 12.3. The van der Waals surface area contributed by atoms with Crippen molar-refractivity contribution < 1.29 is 14.2 Å². The van der Waals surface area contributed by atoms with Gasteiger partial charge in [0.1, 0.15) is 11.5 Å². The van der Waals surface area contributed by atoms with Crippen molar-refractivity contribution in [3.63, 3.8) is 0 Å². The van der Waals surface area contributed by atoms with Crippen LogP contribution >= 0.6 is 11.6 Å². The predicted molar refractivity (Wildman–Crippen MR) is 144 cm³/mol. The summed E-state index contributed by atoms with van der Waals surface area (Å²) in [6.45, 7) is 7.61. The number of morpholine rings is 1. The number of rotatable bonds is 8. The molecule has 0 unspecified atom stereocenters. The van der Waals surface area contributed by atoms with Gasteiger partial charge in [-0.2, -0.15) is 5.10 Å². The number of methoxy groups -OCH3 is 2. The van der Waals surface area contributed by atoms with Gasteiger partial charge >= 0.3 is 0 Å². The van der Waals surface area contributed by atoms with Crippen LogP contribution in [0.25, 0.3) is 33.3 Å². The van der Waals surface area contributed by atoms with Crippen LogP contribution in [0.4, 0.5) is 0 Å². The first-order valence-corrected chi connectivity index (χ1v) is 12.7. The molecule has 5 rings (SSSR count). The molecule has 4 aromatic rings. The van der Waals surface area contributed by atoms with Crippen LogP contribution in [0.2, 0.25) is 5.02 Å². The Morgan fingerprint density at radius 3 is 2.57 bits per heavy atom. The molecule has 3 aromatic heterocycles. The first-order chi connectivity index (χ1) is 18.0. The molecule has 0 atom stereocenters. The van der Waals surface area contributed by atoms with E-state index in [4.69, 9.17) is 30.8 Å². The van der Waals surface area contributed by atoms with E-state index in [0.717, 1.165) is 61.6 Å². The topological polar surface area (TPSA) is 83.6 Å². The van der Waals surface area contributed by atoms with E-state index in [9.17, 15) is 4.79 Å². The molecule has 10 heteroatoms. The lowest BCUT2D eigenvalue weighted by Gasteiger charge is -2.26. The number of pyridine rings is 2. The highest BCUT2D eigenvalue weighted by molar-refractivity contribution is 6.35. The minimum atomic E-state index is -0.148. The largest absolute Gasteiger partial charge is 0.497 e. The SMILES string of the molecule is CCn1c(=O)c(-c2cc(OC)cc(OC)c2Cl)cc2cnc(-c3cnn(CCN4CCOCC4)c3)cc21. The van der Waals surface area contributed by atoms with Crippen molar-refractivity contribution in [2.24, 2.45) is 0 Å². The Balaban J connectivity index is 1.50. The lowest BCUT2D eigenvalue weighted by molar-refractivity contribution is 0.0360. The van der Waals surface area contributed by atoms with Crippen LogP contribution in [0, 0.1) is 0 Å². The summed E-state index contributed by atoms with van der Waals surface area (Å²) >= 11 is 6.61. The van der Waals surface area contributed by atoms with Gasteiger partial charge in [0.05, 0.1) is 56.4 Å². The summed E-state index contributed by atoms with van der Waals surface area (Å²) in [5.74, 6) is 0.996. The Morgan fingerprint density at radius 2 is 1.84 bits per heavy atom. The molecule has 0 amide bonds. The quantitative estimate of drug-likeness (QED) is 0.346. The monoisotopic (exact) mass is 523 g/mol. The van der Waals surface area contributed by atoms with Crippen molar-refractivity contribution >= 4 is 22.5 Å². The Labute approximate surface area is 220 Å². The van der Waals surface area contributed by atoms with E-state index in [1.54, 1.807) is 30.0 Å². The molecule has 1 fully saturated rings. The molecule has 0 N–H and O–H groups in total. The van der Waals surface area contributed by atoms with Crippen molar-refractivity contribution in [1.82, 2.24) is 24.2 Å². The van der Waals surface area contributed by atoms with Crippen LogP contribution in [0.15, 0.2) is 47.7 Å². The third kappa shape index (κ3) is 5.07. The van der Waals surface area contributed by atoms with Crippen LogP contribution in [-0.4, -0.2) is 71.3 Å². The van der Waals surface area contributed by atoms with E-state index in [1.165, 1.54) is 7.11 Å². The highest BCUT2D eigenvalue weighted by atomic mass is 35.5. The van der Waals surface area contributed by atoms with Gasteiger partial charge in [0, 0.05) is 66.7 Å². The lowest BCUT2D eigenvalue weighted by atomic mass is 10.0. The average Bonchev–Trinajstić information content (AvgIpc) is 3.41. The average molecular weight is 524 g/mol. The highest BCUT2D eigenvalue weighted by Crippen LogP contribution is 2.38. The molecular weight excluding hydrogens is 494 g/mol. The smallest absolute Gasteiger partial charge is 0.258 e. The molecule has 9 nitrogen and oxygen atoms in total. The summed E-state index contributed by atoms with van der Waals surface area (Å²) < 4.78 is 19.9. The fourth-order valence-electron chi connectivity index (χ4n) is 4.66. The number of benzene rings is 1. The summed E-state index contributed by atoms with van der Waals surface area (Å²) in [6.07, 6.45) is 5.61. The second-order valence-corrected chi connectivity index (χ2v) is 9.25. The molecular formula is C27H30ClN5O4. The molecule has 1 aliphatic rings. The summed E-state index contributed by atoms with van der Waals surface area (Å²) in [5, 5.41) is 5.71. The number of hydrogen-bond acceptors (Lipinski definition) is 7. The van der Waals surface area contributed by atoms with E-state index in [0.29, 0.717) is 34.2 Å². The molecule has 0 spiro atoms. The molecule has 1 aliphatic heterocycles. The fraction of sp³-hybridized carbons (Fsp3) is 0.370. The molecule has 0 radical (unpaired) electrons. The van der Waals surface area contributed by atoms with Crippen LogP contribution in [0.1, 0.15) is 6.92 Å². The minimum absolute atomic E-state index is 0.148. The van der Waals surface area contributed by atoms with Crippen molar-refractivity contribution in [2.45, 2.75) is 20.0 Å². The van der Waals surface area contributed by atoms with Gasteiger partial charge in [-0.15, -0.1) is 0 Å². The molecule has 194 valence electrons. The molecule has 0 bridgehead atoms. The third-order valence-corrected chi connectivity index (χ3v) is 7.12. The van der Waals surface area contributed by atoms with E-state index in [1.807, 2.05) is 36.1 Å². The van der Waals surface area contributed by atoms with E-state index in [-0.39, 0.29) is 5.56 Å². The molecule has 1 aromatic carbocycles. The number of hydrogen-bond donors (Lipinski definition) is 0. The molecule has 1 saturated heterocycles. The summed E-state index contributed by atoms with van der Waals surface area (Å²) in [6, 6.07) is 7.22. The lowest BCUT2D eigenvalue weighted by Crippen LogP contribution is -2.38. The maximum absolute atomic E-state index is 13.6. The number of nitrogens with zero attached hydrogens (tertiary/aromatic N) is 5. The van der Waals surface area contributed by atoms with Gasteiger partial charge in [0.2, 0.25) is 0 Å². The maximum atomic E-state index is 13.6. The highest BCUT2D eigenvalue weighted by Gasteiger charge is 2.18. The van der Waals surface area contributed by atoms with E-state index in [2.05, 4.69) is 10.00 Å². The van der Waals surface area contributed by atoms with Gasteiger partial charge in [-0.3, -0.25) is 19.4 Å². The Kier molecular flexibility index (Phi) is 7.45. The van der Waals surface area contributed by atoms with Crippen LogP contribution in [0.5, 0.6) is 11.5 Å². The van der Waals surface area contributed by atoms with Crippen molar-refractivity contribution in [3.8, 4) is 33.9 Å². The van der Waals surface area contributed by atoms with Gasteiger partial charge in [0.25, 0.3) is 5.56 Å². The zero-order valence-electron chi connectivity index (χ0n) is 21.2. The van der Waals surface area contributed by atoms with Gasteiger partial charge in [-0.25, -0.2) is 0 Å². The molecule has 37 heavy (non-hydrogen) atoms. The minimum Gasteiger partial charge on any atom is -0.497 e. The Hall–Kier alpha value is -3.40. The van der Waals surface area contributed by atoms with Gasteiger partial charge in [-0.05, 0) is 25.1 Å². The Bertz CT molecular complexity index is 1480. The summed E-state index contributed by atoms with van der Waals surface area (Å²) in [5.41, 5.74) is 3.34. The predicted octanol–water partition coefficient (Wildman–Crippen LogP) is 3.95. The standard InChI is InChI=1S/C27H30ClN5O4/c1-4-33-24-14-23(19-16-30-32(17-19)6-5-31-7-9-37-10-8-31)29-15-18(24)11-22(27(33)34)21-12-20(35-2)13-25(36-3)26(21)28/h11-17H,4-10H2,1-3H3. The van der Waals surface area contributed by atoms with Crippen LogP contribution < -0.4 is 15.0 Å². The second kappa shape index (κ2) is 10.9. The number of fused-ring (bicyclic) bond motifs is 1. The summed E-state index contributed by atoms with van der Waals surface area (Å²) in [7, 11) is 3.10. The zero-order chi connectivity index (χ0) is 25.9. The second-order valence-electron chi connectivity index (χ2n) is 8.87. The van der Waals surface area contributed by atoms with Crippen LogP contribution in [0.3, 0.4) is 0 Å². The maximum Gasteiger partial charge on any atom is 0.258 e. The number of ether oxygens (including phenoxy) is 3. The Morgan fingerprint density at radius 1 is 1.03 bits per heavy atom. The molecule has 4 heterocycles. The van der Waals surface area contributed by atoms with E-state index < -0.39 is 0 Å². The molecule has 0 saturated carbocycles.